The van der Waals surface area contributed by atoms with Gasteiger partial charge in [0.05, 0.1) is 18.0 Å². The molecule has 3 aromatic carbocycles. The molecule has 0 bridgehead atoms. The lowest BCUT2D eigenvalue weighted by atomic mass is 10.1. The largest absolute Gasteiger partial charge is 0.407 e. The van der Waals surface area contributed by atoms with Crippen LogP contribution in [0.1, 0.15) is 39.0 Å². The van der Waals surface area contributed by atoms with Crippen molar-refractivity contribution in [1.29, 1.82) is 10.5 Å². The van der Waals surface area contributed by atoms with Gasteiger partial charge in [-0.15, -0.1) is 0 Å². The maximum atomic E-state index is 10.1. The van der Waals surface area contributed by atoms with Crippen molar-refractivity contribution in [3.8, 4) is 12.1 Å². The summed E-state index contributed by atoms with van der Waals surface area (Å²) in [5, 5.41) is 22.8. The van der Waals surface area contributed by atoms with Gasteiger partial charge in [-0.1, -0.05) is 110 Å². The molecule has 1 atom stereocenters. The molecule has 0 amide bonds. The Kier molecular flexibility index (Phi) is 8.04. The van der Waals surface area contributed by atoms with Crippen LogP contribution in [0.15, 0.2) is 83.3 Å². The Morgan fingerprint density at radius 2 is 1.54 bits per heavy atom. The van der Waals surface area contributed by atoms with Crippen molar-refractivity contribution < 1.29 is 4.43 Å². The Hall–Kier alpha value is -3.16. The number of rotatable bonds is 8. The van der Waals surface area contributed by atoms with Gasteiger partial charge in [-0.3, -0.25) is 0 Å². The zero-order valence-corrected chi connectivity index (χ0v) is 24.4. The van der Waals surface area contributed by atoms with E-state index in [1.54, 1.807) is 0 Å². The van der Waals surface area contributed by atoms with Gasteiger partial charge >= 0.3 is 0 Å². The lowest BCUT2D eigenvalue weighted by molar-refractivity contribution is 0.232. The molecule has 0 saturated carbocycles. The van der Waals surface area contributed by atoms with Crippen LogP contribution in [-0.2, 0) is 17.4 Å². The van der Waals surface area contributed by atoms with E-state index in [1.165, 1.54) is 10.4 Å². The van der Waals surface area contributed by atoms with E-state index < -0.39 is 8.32 Å². The number of benzene rings is 3. The van der Waals surface area contributed by atoms with Crippen LogP contribution in [-0.4, -0.2) is 19.5 Å². The van der Waals surface area contributed by atoms with Gasteiger partial charge in [0.15, 0.2) is 0 Å². The number of halogens is 1. The second-order valence-corrected chi connectivity index (χ2v) is 15.8. The maximum Gasteiger partial charge on any atom is 0.261 e. The van der Waals surface area contributed by atoms with Crippen molar-refractivity contribution in [2.24, 2.45) is 5.92 Å². The lowest BCUT2D eigenvalue weighted by Crippen LogP contribution is -2.66. The molecular formula is C31H32BrN3OSi. The summed E-state index contributed by atoms with van der Waals surface area (Å²) in [6.45, 7) is 10.2. The zero-order valence-electron chi connectivity index (χ0n) is 21.8. The van der Waals surface area contributed by atoms with Crippen molar-refractivity contribution in [1.82, 2.24) is 4.57 Å². The van der Waals surface area contributed by atoms with E-state index in [9.17, 15) is 10.5 Å². The van der Waals surface area contributed by atoms with Gasteiger partial charge in [-0.25, -0.2) is 0 Å². The highest BCUT2D eigenvalue weighted by Gasteiger charge is 2.50. The smallest absolute Gasteiger partial charge is 0.261 e. The van der Waals surface area contributed by atoms with E-state index in [-0.39, 0.29) is 17.4 Å². The van der Waals surface area contributed by atoms with Gasteiger partial charge in [0.1, 0.15) is 11.8 Å². The molecule has 6 heteroatoms. The third kappa shape index (κ3) is 5.15. The molecule has 0 fully saturated rings. The average molecular weight is 571 g/mol. The van der Waals surface area contributed by atoms with Crippen LogP contribution in [0.3, 0.4) is 0 Å². The third-order valence-electron chi connectivity index (χ3n) is 6.99. The van der Waals surface area contributed by atoms with E-state index in [4.69, 9.17) is 4.43 Å². The first-order valence-electron chi connectivity index (χ1n) is 12.6. The monoisotopic (exact) mass is 569 g/mol. The Balaban J connectivity index is 1.73. The normalized spacial score (nSPS) is 12.7. The number of aromatic nitrogens is 1. The molecule has 0 radical (unpaired) electrons. The summed E-state index contributed by atoms with van der Waals surface area (Å²) in [4.78, 5) is 0. The van der Waals surface area contributed by atoms with Gasteiger partial charge in [-0.2, -0.15) is 10.5 Å². The fourth-order valence-corrected chi connectivity index (χ4v) is 10.4. The van der Waals surface area contributed by atoms with Crippen LogP contribution in [0.4, 0.5) is 0 Å². The Bertz CT molecular complexity index is 1420. The topological polar surface area (TPSA) is 61.7 Å². The van der Waals surface area contributed by atoms with Gasteiger partial charge in [-0.05, 0) is 33.5 Å². The number of hydrogen-bond acceptors (Lipinski definition) is 3. The molecule has 1 unspecified atom stereocenters. The van der Waals surface area contributed by atoms with Crippen molar-refractivity contribution in [3.05, 3.63) is 94.6 Å². The molecule has 1 aromatic heterocycles. The summed E-state index contributed by atoms with van der Waals surface area (Å²) in [5.74, 6) is 0.137. The molecule has 0 aliphatic carbocycles. The predicted molar refractivity (Wildman–Crippen MR) is 156 cm³/mol. The quantitative estimate of drug-likeness (QED) is 0.226. The second-order valence-electron chi connectivity index (χ2n) is 10.6. The number of hydrogen-bond donors (Lipinski definition) is 0. The van der Waals surface area contributed by atoms with Crippen LogP contribution in [0.2, 0.25) is 5.04 Å². The highest BCUT2D eigenvalue weighted by Crippen LogP contribution is 2.37. The first kappa shape index (κ1) is 26.9. The molecule has 37 heavy (non-hydrogen) atoms. The first-order chi connectivity index (χ1) is 17.7. The van der Waals surface area contributed by atoms with Crippen LogP contribution < -0.4 is 10.4 Å². The molecule has 0 aliphatic heterocycles. The summed E-state index contributed by atoms with van der Waals surface area (Å²) in [6, 6.07) is 31.9. The molecular weight excluding hydrogens is 538 g/mol. The predicted octanol–water partition coefficient (Wildman–Crippen LogP) is 6.55. The summed E-state index contributed by atoms with van der Waals surface area (Å²) >= 11 is 3.58. The first-order valence-corrected chi connectivity index (χ1v) is 15.3. The van der Waals surface area contributed by atoms with Crippen molar-refractivity contribution >= 4 is 45.5 Å². The minimum absolute atomic E-state index is 0.0990. The van der Waals surface area contributed by atoms with Crippen molar-refractivity contribution in [2.75, 3.05) is 6.61 Å². The van der Waals surface area contributed by atoms with E-state index in [0.717, 1.165) is 20.9 Å². The van der Waals surface area contributed by atoms with E-state index in [1.807, 2.05) is 18.2 Å². The maximum absolute atomic E-state index is 10.1. The van der Waals surface area contributed by atoms with Crippen LogP contribution in [0, 0.1) is 28.6 Å². The van der Waals surface area contributed by atoms with Crippen molar-refractivity contribution in [2.45, 2.75) is 45.7 Å². The van der Waals surface area contributed by atoms with Gasteiger partial charge in [0.25, 0.3) is 8.32 Å². The number of nitriles is 2. The minimum atomic E-state index is -2.65. The molecule has 188 valence electrons. The molecule has 4 aromatic rings. The fraction of sp³-hybridized carbons (Fsp3) is 0.290. The van der Waals surface area contributed by atoms with Crippen LogP contribution >= 0.6 is 15.9 Å². The molecule has 4 rings (SSSR count). The SMILES string of the molecule is CC(CO[Si](c1ccccc1)(c1ccccc1)C(C)(C)C)Cn1c(C#N)c(CC#N)c2ccc(Br)cc21. The standard InChI is InChI=1S/C31H32BrN3OSi/c1-23(21-35-29-19-24(32)15-16-27(29)28(17-18-33)30(35)20-34)22-36-37(31(2,3)4,25-11-7-5-8-12-25)26-13-9-6-10-14-26/h5-16,19,23H,17,21-22H2,1-4H3. The van der Waals surface area contributed by atoms with Crippen LogP contribution in [0.25, 0.3) is 10.9 Å². The van der Waals surface area contributed by atoms with E-state index in [2.05, 4.69) is 121 Å². The van der Waals surface area contributed by atoms with E-state index in [0.29, 0.717) is 18.8 Å². The van der Waals surface area contributed by atoms with Gasteiger partial charge in [0.2, 0.25) is 0 Å². The molecule has 4 nitrogen and oxygen atoms in total. The third-order valence-corrected chi connectivity index (χ3v) is 12.5. The Labute approximate surface area is 229 Å². The number of nitrogens with zero attached hydrogens (tertiary/aromatic N) is 3. The minimum Gasteiger partial charge on any atom is -0.407 e. The Morgan fingerprint density at radius 3 is 2.05 bits per heavy atom. The van der Waals surface area contributed by atoms with Crippen LogP contribution in [0.5, 0.6) is 0 Å². The molecule has 0 aliphatic rings. The summed E-state index contributed by atoms with van der Waals surface area (Å²) in [6.07, 6.45) is 0.209. The van der Waals surface area contributed by atoms with Crippen molar-refractivity contribution in [3.63, 3.8) is 0 Å². The Morgan fingerprint density at radius 1 is 0.946 bits per heavy atom. The lowest BCUT2D eigenvalue weighted by Gasteiger charge is -2.43. The van der Waals surface area contributed by atoms with E-state index >= 15 is 0 Å². The molecule has 0 spiro atoms. The summed E-state index contributed by atoms with van der Waals surface area (Å²) in [7, 11) is -2.65. The average Bonchev–Trinajstić information content (AvgIpc) is 3.16. The molecule has 1 heterocycles. The second kappa shape index (κ2) is 11.1. The zero-order chi connectivity index (χ0) is 26.6. The summed E-state index contributed by atoms with van der Waals surface area (Å²) < 4.78 is 10.2. The number of fused-ring (bicyclic) bond motifs is 1. The fourth-order valence-electron chi connectivity index (χ4n) is 5.36. The van der Waals surface area contributed by atoms with Gasteiger partial charge < -0.3 is 8.99 Å². The highest BCUT2D eigenvalue weighted by atomic mass is 79.9. The molecule has 0 N–H and O–H groups in total. The van der Waals surface area contributed by atoms with Gasteiger partial charge in [0, 0.05) is 28.6 Å². The summed E-state index contributed by atoms with van der Waals surface area (Å²) in [5.41, 5.74) is 2.33. The molecule has 0 saturated heterocycles. The highest BCUT2D eigenvalue weighted by molar-refractivity contribution is 9.10.